The maximum Gasteiger partial charge on any atom is 0.145 e. The van der Waals surface area contributed by atoms with Gasteiger partial charge in [-0.05, 0) is 19.4 Å². The molecule has 1 aromatic rings. The molecule has 0 saturated carbocycles. The number of rotatable bonds is 4. The van der Waals surface area contributed by atoms with Crippen molar-refractivity contribution in [2.75, 3.05) is 13.3 Å². The highest BCUT2D eigenvalue weighted by Crippen LogP contribution is 2.08. The van der Waals surface area contributed by atoms with Crippen LogP contribution >= 0.6 is 0 Å². The lowest BCUT2D eigenvalue weighted by Gasteiger charge is -2.04. The Morgan fingerprint density at radius 3 is 2.79 bits per heavy atom. The van der Waals surface area contributed by atoms with E-state index in [4.69, 9.17) is 4.84 Å². The van der Waals surface area contributed by atoms with Gasteiger partial charge in [-0.3, -0.25) is 0 Å². The molecule has 0 aliphatic heterocycles. The van der Waals surface area contributed by atoms with E-state index in [-0.39, 0.29) is 6.61 Å². The van der Waals surface area contributed by atoms with Gasteiger partial charge in [0.25, 0.3) is 0 Å². The molecular weight excluding hydrogens is 181 g/mol. The molecule has 3 heteroatoms. The molecule has 0 bridgehead atoms. The molecule has 1 aromatic carbocycles. The SMILES string of the molecule is C/C(=N\OCCF)c1ccccc1C. The van der Waals surface area contributed by atoms with Crippen molar-refractivity contribution in [3.8, 4) is 0 Å². The number of hydrogen-bond acceptors (Lipinski definition) is 2. The van der Waals surface area contributed by atoms with Crippen LogP contribution < -0.4 is 0 Å². The Morgan fingerprint density at radius 2 is 2.14 bits per heavy atom. The monoisotopic (exact) mass is 195 g/mol. The zero-order valence-corrected chi connectivity index (χ0v) is 8.46. The molecule has 0 fully saturated rings. The van der Waals surface area contributed by atoms with Crippen molar-refractivity contribution >= 4 is 5.71 Å². The van der Waals surface area contributed by atoms with E-state index >= 15 is 0 Å². The van der Waals surface area contributed by atoms with Crippen LogP contribution in [-0.2, 0) is 4.84 Å². The Labute approximate surface area is 83.4 Å². The van der Waals surface area contributed by atoms with Crippen LogP contribution in [0.2, 0.25) is 0 Å². The van der Waals surface area contributed by atoms with Crippen LogP contribution in [0, 0.1) is 6.92 Å². The number of benzene rings is 1. The average molecular weight is 195 g/mol. The lowest BCUT2D eigenvalue weighted by molar-refractivity contribution is 0.128. The Kier molecular flexibility index (Phi) is 4.11. The molecular formula is C11H14FNO. The van der Waals surface area contributed by atoms with E-state index in [2.05, 4.69) is 5.16 Å². The summed E-state index contributed by atoms with van der Waals surface area (Å²) in [7, 11) is 0. The number of aryl methyl sites for hydroxylation is 1. The highest BCUT2D eigenvalue weighted by atomic mass is 19.1. The molecule has 0 heterocycles. The summed E-state index contributed by atoms with van der Waals surface area (Å²) in [5.74, 6) is 0. The van der Waals surface area contributed by atoms with Gasteiger partial charge in [-0.1, -0.05) is 29.4 Å². The molecule has 0 aromatic heterocycles. The third-order valence-electron chi connectivity index (χ3n) is 1.90. The molecule has 0 N–H and O–H groups in total. The van der Waals surface area contributed by atoms with E-state index in [1.54, 1.807) is 0 Å². The zero-order valence-electron chi connectivity index (χ0n) is 8.46. The van der Waals surface area contributed by atoms with E-state index < -0.39 is 6.67 Å². The Morgan fingerprint density at radius 1 is 1.43 bits per heavy atom. The third-order valence-corrected chi connectivity index (χ3v) is 1.90. The van der Waals surface area contributed by atoms with E-state index in [0.717, 1.165) is 16.8 Å². The molecule has 0 radical (unpaired) electrons. The number of hydrogen-bond donors (Lipinski definition) is 0. The minimum Gasteiger partial charge on any atom is -0.393 e. The molecule has 0 atom stereocenters. The van der Waals surface area contributed by atoms with Crippen LogP contribution in [-0.4, -0.2) is 19.0 Å². The predicted molar refractivity (Wildman–Crippen MR) is 55.3 cm³/mol. The summed E-state index contributed by atoms with van der Waals surface area (Å²) in [4.78, 5) is 4.77. The van der Waals surface area contributed by atoms with Crippen molar-refractivity contribution in [1.82, 2.24) is 0 Å². The standard InChI is InChI=1S/C11H14FNO/c1-9-5-3-4-6-11(9)10(2)13-14-8-7-12/h3-6H,7-8H2,1-2H3/b13-10+. The summed E-state index contributed by atoms with van der Waals surface area (Å²) in [6, 6.07) is 7.88. The molecule has 0 aliphatic rings. The van der Waals surface area contributed by atoms with Gasteiger partial charge in [-0.2, -0.15) is 0 Å². The van der Waals surface area contributed by atoms with Crippen LogP contribution in [0.4, 0.5) is 4.39 Å². The van der Waals surface area contributed by atoms with E-state index in [1.807, 2.05) is 38.1 Å². The van der Waals surface area contributed by atoms with Crippen molar-refractivity contribution in [3.63, 3.8) is 0 Å². The van der Waals surface area contributed by atoms with Gasteiger partial charge < -0.3 is 4.84 Å². The van der Waals surface area contributed by atoms with Gasteiger partial charge in [-0.15, -0.1) is 0 Å². The van der Waals surface area contributed by atoms with Gasteiger partial charge in [-0.25, -0.2) is 4.39 Å². The number of alkyl halides is 1. The first kappa shape index (κ1) is 10.7. The topological polar surface area (TPSA) is 21.6 Å². The number of halogens is 1. The van der Waals surface area contributed by atoms with Gasteiger partial charge in [0.15, 0.2) is 0 Å². The average Bonchev–Trinajstić information content (AvgIpc) is 2.18. The van der Waals surface area contributed by atoms with E-state index in [1.165, 1.54) is 0 Å². The molecule has 0 saturated heterocycles. The van der Waals surface area contributed by atoms with E-state index in [9.17, 15) is 4.39 Å². The number of oxime groups is 1. The highest BCUT2D eigenvalue weighted by molar-refractivity contribution is 5.99. The quantitative estimate of drug-likeness (QED) is 0.411. The lowest BCUT2D eigenvalue weighted by Crippen LogP contribution is -2.00. The van der Waals surface area contributed by atoms with Gasteiger partial charge in [0.1, 0.15) is 13.3 Å². The first-order chi connectivity index (χ1) is 6.75. The van der Waals surface area contributed by atoms with Crippen molar-refractivity contribution in [1.29, 1.82) is 0 Å². The molecule has 0 amide bonds. The van der Waals surface area contributed by atoms with Gasteiger partial charge in [0.05, 0.1) is 5.71 Å². The fraction of sp³-hybridized carbons (Fsp3) is 0.364. The first-order valence-electron chi connectivity index (χ1n) is 4.54. The maximum atomic E-state index is 11.7. The number of nitrogens with zero attached hydrogens (tertiary/aromatic N) is 1. The van der Waals surface area contributed by atoms with Crippen LogP contribution in [0.5, 0.6) is 0 Å². The summed E-state index contributed by atoms with van der Waals surface area (Å²) in [6.07, 6.45) is 0. The third kappa shape index (κ3) is 2.83. The second kappa shape index (κ2) is 5.37. The summed E-state index contributed by atoms with van der Waals surface area (Å²) in [5.41, 5.74) is 2.94. The fourth-order valence-electron chi connectivity index (χ4n) is 1.20. The van der Waals surface area contributed by atoms with Crippen LogP contribution in [0.25, 0.3) is 0 Å². The first-order valence-corrected chi connectivity index (χ1v) is 4.54. The fourth-order valence-corrected chi connectivity index (χ4v) is 1.20. The van der Waals surface area contributed by atoms with Gasteiger partial charge in [0.2, 0.25) is 0 Å². The maximum absolute atomic E-state index is 11.7. The molecule has 0 spiro atoms. The van der Waals surface area contributed by atoms with E-state index in [0.29, 0.717) is 0 Å². The molecule has 2 nitrogen and oxygen atoms in total. The summed E-state index contributed by atoms with van der Waals surface area (Å²) in [5, 5.41) is 3.82. The second-order valence-corrected chi connectivity index (χ2v) is 3.01. The minimum absolute atomic E-state index is 0.0171. The lowest BCUT2D eigenvalue weighted by atomic mass is 10.1. The van der Waals surface area contributed by atoms with Crippen LogP contribution in [0.1, 0.15) is 18.1 Å². The molecule has 0 aliphatic carbocycles. The van der Waals surface area contributed by atoms with Crippen LogP contribution in [0.15, 0.2) is 29.4 Å². The smallest absolute Gasteiger partial charge is 0.145 e. The molecule has 76 valence electrons. The van der Waals surface area contributed by atoms with Crippen molar-refractivity contribution in [2.45, 2.75) is 13.8 Å². The Balaban J connectivity index is 2.73. The zero-order chi connectivity index (χ0) is 10.4. The molecule has 1 rings (SSSR count). The minimum atomic E-state index is -0.509. The molecule has 14 heavy (non-hydrogen) atoms. The Bertz CT molecular complexity index is 323. The second-order valence-electron chi connectivity index (χ2n) is 3.01. The van der Waals surface area contributed by atoms with Crippen LogP contribution in [0.3, 0.4) is 0 Å². The predicted octanol–water partition coefficient (Wildman–Crippen LogP) is 2.71. The van der Waals surface area contributed by atoms with Crippen molar-refractivity contribution < 1.29 is 9.23 Å². The largest absolute Gasteiger partial charge is 0.393 e. The normalized spacial score (nSPS) is 11.5. The van der Waals surface area contributed by atoms with Gasteiger partial charge >= 0.3 is 0 Å². The van der Waals surface area contributed by atoms with Crippen molar-refractivity contribution in [2.24, 2.45) is 5.16 Å². The highest BCUT2D eigenvalue weighted by Gasteiger charge is 2.00. The summed E-state index contributed by atoms with van der Waals surface area (Å²) < 4.78 is 11.7. The summed E-state index contributed by atoms with van der Waals surface area (Å²) in [6.45, 7) is 3.36. The summed E-state index contributed by atoms with van der Waals surface area (Å²) >= 11 is 0. The Hall–Kier alpha value is -1.38. The molecule has 0 unspecified atom stereocenters. The van der Waals surface area contributed by atoms with Crippen molar-refractivity contribution in [3.05, 3.63) is 35.4 Å². The van der Waals surface area contributed by atoms with Gasteiger partial charge in [0, 0.05) is 5.56 Å².